The summed E-state index contributed by atoms with van der Waals surface area (Å²) >= 11 is 3.03. The smallest absolute Gasteiger partial charge is 0.339 e. The second kappa shape index (κ2) is 5.46. The minimum absolute atomic E-state index is 0.0687. The van der Waals surface area contributed by atoms with E-state index in [1.807, 2.05) is 0 Å². The number of carbonyl (C=O) groups is 1. The van der Waals surface area contributed by atoms with Crippen molar-refractivity contribution in [2.45, 2.75) is 12.5 Å². The van der Waals surface area contributed by atoms with E-state index in [0.717, 1.165) is 0 Å². The lowest BCUT2D eigenvalue weighted by molar-refractivity contribution is -0.158. The van der Waals surface area contributed by atoms with Crippen molar-refractivity contribution in [1.29, 1.82) is 0 Å². The molecular formula is C11H13BrFNO3. The maximum atomic E-state index is 13.2. The molecule has 0 heterocycles. The highest BCUT2D eigenvalue weighted by atomic mass is 79.9. The molecule has 0 amide bonds. The monoisotopic (exact) mass is 305 g/mol. The van der Waals surface area contributed by atoms with Gasteiger partial charge in [-0.15, -0.1) is 0 Å². The number of rotatable bonds is 4. The van der Waals surface area contributed by atoms with Gasteiger partial charge in [0.25, 0.3) is 0 Å². The van der Waals surface area contributed by atoms with Crippen LogP contribution < -0.4 is 5.32 Å². The van der Waals surface area contributed by atoms with Crippen molar-refractivity contribution >= 4 is 27.6 Å². The molecule has 94 valence electrons. The maximum Gasteiger partial charge on any atom is 0.339 e. The summed E-state index contributed by atoms with van der Waals surface area (Å²) < 4.78 is 18.0. The standard InChI is InChI=1S/C11H13BrFNO3/c1-11(16,10(15)17-2)6-14-7-3-4-8(12)9(13)5-7/h3-5,14,16H,6H2,1-2H3. The zero-order chi connectivity index (χ0) is 13.1. The van der Waals surface area contributed by atoms with E-state index in [0.29, 0.717) is 10.2 Å². The number of hydrogen-bond donors (Lipinski definition) is 2. The molecule has 1 atom stereocenters. The fraction of sp³-hybridized carbons (Fsp3) is 0.364. The molecule has 17 heavy (non-hydrogen) atoms. The van der Waals surface area contributed by atoms with Crippen molar-refractivity contribution in [2.24, 2.45) is 0 Å². The van der Waals surface area contributed by atoms with Crippen LogP contribution in [-0.4, -0.2) is 30.3 Å². The van der Waals surface area contributed by atoms with Gasteiger partial charge in [0.2, 0.25) is 0 Å². The summed E-state index contributed by atoms with van der Waals surface area (Å²) in [6.45, 7) is 1.25. The SMILES string of the molecule is COC(=O)C(C)(O)CNc1ccc(Br)c(F)c1. The molecule has 1 aromatic rings. The van der Waals surface area contributed by atoms with Gasteiger partial charge in [0.05, 0.1) is 18.1 Å². The number of halogens is 2. The van der Waals surface area contributed by atoms with Crippen LogP contribution in [-0.2, 0) is 9.53 Å². The van der Waals surface area contributed by atoms with Gasteiger partial charge in [0, 0.05) is 5.69 Å². The van der Waals surface area contributed by atoms with E-state index in [1.54, 1.807) is 6.07 Å². The van der Waals surface area contributed by atoms with Crippen molar-refractivity contribution < 1.29 is 19.0 Å². The largest absolute Gasteiger partial charge is 0.467 e. The topological polar surface area (TPSA) is 58.6 Å². The predicted octanol–water partition coefficient (Wildman–Crippen LogP) is 1.92. The number of aliphatic hydroxyl groups is 1. The molecule has 4 nitrogen and oxygen atoms in total. The highest BCUT2D eigenvalue weighted by Crippen LogP contribution is 2.20. The fourth-order valence-electron chi connectivity index (χ4n) is 1.17. The van der Waals surface area contributed by atoms with E-state index >= 15 is 0 Å². The molecule has 0 saturated heterocycles. The van der Waals surface area contributed by atoms with Gasteiger partial charge in [0.15, 0.2) is 5.60 Å². The first-order valence-electron chi connectivity index (χ1n) is 4.86. The third-order valence-corrected chi connectivity index (χ3v) is 2.82. The molecule has 1 unspecified atom stereocenters. The van der Waals surface area contributed by atoms with Crippen LogP contribution in [0, 0.1) is 5.82 Å². The van der Waals surface area contributed by atoms with Crippen molar-refractivity contribution in [3.8, 4) is 0 Å². The van der Waals surface area contributed by atoms with Gasteiger partial charge in [-0.1, -0.05) is 0 Å². The normalized spacial score (nSPS) is 13.9. The highest BCUT2D eigenvalue weighted by Gasteiger charge is 2.31. The average Bonchev–Trinajstić information content (AvgIpc) is 2.29. The minimum atomic E-state index is -1.65. The quantitative estimate of drug-likeness (QED) is 0.835. The molecule has 0 aliphatic carbocycles. The summed E-state index contributed by atoms with van der Waals surface area (Å²) in [7, 11) is 1.19. The molecule has 0 aromatic heterocycles. The van der Waals surface area contributed by atoms with Crippen LogP contribution in [0.4, 0.5) is 10.1 Å². The highest BCUT2D eigenvalue weighted by molar-refractivity contribution is 9.10. The molecule has 6 heteroatoms. The Morgan fingerprint density at radius 1 is 1.65 bits per heavy atom. The molecular weight excluding hydrogens is 293 g/mol. The first-order chi connectivity index (χ1) is 7.86. The zero-order valence-electron chi connectivity index (χ0n) is 9.46. The molecule has 0 aliphatic heterocycles. The van der Waals surface area contributed by atoms with Crippen molar-refractivity contribution in [3.05, 3.63) is 28.5 Å². The van der Waals surface area contributed by atoms with Crippen molar-refractivity contribution in [2.75, 3.05) is 19.0 Å². The number of nitrogens with one attached hydrogen (secondary N) is 1. The van der Waals surface area contributed by atoms with Crippen LogP contribution in [0.15, 0.2) is 22.7 Å². The number of benzene rings is 1. The number of methoxy groups -OCH3 is 1. The van der Waals surface area contributed by atoms with Gasteiger partial charge in [0.1, 0.15) is 5.82 Å². The summed E-state index contributed by atoms with van der Waals surface area (Å²) in [5, 5.41) is 12.5. The summed E-state index contributed by atoms with van der Waals surface area (Å²) in [5.74, 6) is -1.17. The zero-order valence-corrected chi connectivity index (χ0v) is 11.0. The van der Waals surface area contributed by atoms with Gasteiger partial charge in [-0.2, -0.15) is 0 Å². The number of hydrogen-bond acceptors (Lipinski definition) is 4. The Morgan fingerprint density at radius 3 is 2.82 bits per heavy atom. The van der Waals surface area contributed by atoms with E-state index in [1.165, 1.54) is 26.2 Å². The lowest BCUT2D eigenvalue weighted by Crippen LogP contribution is -2.42. The van der Waals surface area contributed by atoms with Gasteiger partial charge >= 0.3 is 5.97 Å². The Morgan fingerprint density at radius 2 is 2.29 bits per heavy atom. The third-order valence-electron chi connectivity index (χ3n) is 2.18. The van der Waals surface area contributed by atoms with E-state index in [2.05, 4.69) is 26.0 Å². The maximum absolute atomic E-state index is 13.2. The first-order valence-corrected chi connectivity index (χ1v) is 5.66. The summed E-state index contributed by atoms with van der Waals surface area (Å²) in [6.07, 6.45) is 0. The lowest BCUT2D eigenvalue weighted by atomic mass is 10.1. The van der Waals surface area contributed by atoms with E-state index in [4.69, 9.17) is 0 Å². The van der Waals surface area contributed by atoms with E-state index in [9.17, 15) is 14.3 Å². The fourth-order valence-corrected chi connectivity index (χ4v) is 1.42. The van der Waals surface area contributed by atoms with Crippen LogP contribution in [0.5, 0.6) is 0 Å². The Bertz CT molecular complexity index is 423. The summed E-state index contributed by atoms with van der Waals surface area (Å²) in [5.41, 5.74) is -1.19. The van der Waals surface area contributed by atoms with Gasteiger partial charge < -0.3 is 15.2 Å². The number of anilines is 1. The van der Waals surface area contributed by atoms with Crippen LogP contribution in [0.25, 0.3) is 0 Å². The predicted molar refractivity (Wildman–Crippen MR) is 65.2 cm³/mol. The molecule has 0 radical (unpaired) electrons. The Balaban J connectivity index is 2.67. The lowest BCUT2D eigenvalue weighted by Gasteiger charge is -2.21. The molecule has 2 N–H and O–H groups in total. The molecule has 1 rings (SSSR count). The van der Waals surface area contributed by atoms with Crippen molar-refractivity contribution in [3.63, 3.8) is 0 Å². The Kier molecular flexibility index (Phi) is 4.47. The van der Waals surface area contributed by atoms with Gasteiger partial charge in [-0.3, -0.25) is 0 Å². The Hall–Kier alpha value is -1.14. The van der Waals surface area contributed by atoms with Gasteiger partial charge in [-0.05, 0) is 41.1 Å². The second-order valence-corrected chi connectivity index (χ2v) is 4.60. The number of esters is 1. The molecule has 0 spiro atoms. The second-order valence-electron chi connectivity index (χ2n) is 3.75. The van der Waals surface area contributed by atoms with Crippen LogP contribution in [0.3, 0.4) is 0 Å². The average molecular weight is 306 g/mol. The molecule has 0 aliphatic rings. The number of carbonyl (C=O) groups excluding carboxylic acids is 1. The van der Waals surface area contributed by atoms with Crippen LogP contribution in [0.2, 0.25) is 0 Å². The molecule has 0 saturated carbocycles. The van der Waals surface area contributed by atoms with E-state index in [-0.39, 0.29) is 6.54 Å². The Labute approximate surface area is 107 Å². The first kappa shape index (κ1) is 13.9. The van der Waals surface area contributed by atoms with Gasteiger partial charge in [-0.25, -0.2) is 9.18 Å². The molecule has 1 aromatic carbocycles. The van der Waals surface area contributed by atoms with E-state index < -0.39 is 17.4 Å². The van der Waals surface area contributed by atoms with Crippen LogP contribution >= 0.6 is 15.9 Å². The van der Waals surface area contributed by atoms with Crippen molar-refractivity contribution in [1.82, 2.24) is 0 Å². The summed E-state index contributed by atoms with van der Waals surface area (Å²) in [4.78, 5) is 11.2. The number of ether oxygens (including phenoxy) is 1. The summed E-state index contributed by atoms with van der Waals surface area (Å²) in [6, 6.07) is 4.42. The molecule has 0 fully saturated rings. The third kappa shape index (κ3) is 3.67. The minimum Gasteiger partial charge on any atom is -0.467 e. The van der Waals surface area contributed by atoms with Crippen LogP contribution in [0.1, 0.15) is 6.92 Å². The molecule has 0 bridgehead atoms.